The Kier molecular flexibility index (Phi) is 3.61. The van der Waals surface area contributed by atoms with E-state index >= 15 is 0 Å². The van der Waals surface area contributed by atoms with Crippen LogP contribution in [0.3, 0.4) is 0 Å². The molecule has 4 heteroatoms. The molecule has 2 heterocycles. The molecular weight excluding hydrogens is 216 g/mol. The normalized spacial score (nSPS) is 20.5. The standard InChI is InChI=1S/C13H18N2O2/c1-10-3-5-12(14-7-10)17-9-11-4-6-13(16)15(2)8-11/h3,5,7,11H,4,6,8-9H2,1-2H3. The van der Waals surface area contributed by atoms with Crippen molar-refractivity contribution in [1.29, 1.82) is 0 Å². The van der Waals surface area contributed by atoms with Gasteiger partial charge in [-0.05, 0) is 18.9 Å². The van der Waals surface area contributed by atoms with E-state index in [0.717, 1.165) is 18.5 Å². The molecule has 1 aromatic heterocycles. The lowest BCUT2D eigenvalue weighted by molar-refractivity contribution is -0.133. The molecule has 1 amide bonds. The van der Waals surface area contributed by atoms with E-state index in [1.54, 1.807) is 11.1 Å². The number of carbonyl (C=O) groups excluding carboxylic acids is 1. The number of piperidine rings is 1. The molecule has 0 spiro atoms. The number of rotatable bonds is 3. The summed E-state index contributed by atoms with van der Waals surface area (Å²) in [5.74, 6) is 1.31. The van der Waals surface area contributed by atoms with E-state index < -0.39 is 0 Å². The molecule has 1 unspecified atom stereocenters. The summed E-state index contributed by atoms with van der Waals surface area (Å²) >= 11 is 0. The Balaban J connectivity index is 1.82. The van der Waals surface area contributed by atoms with Gasteiger partial charge in [-0.15, -0.1) is 0 Å². The lowest BCUT2D eigenvalue weighted by atomic mass is 9.99. The summed E-state index contributed by atoms with van der Waals surface area (Å²) in [5.41, 5.74) is 1.13. The van der Waals surface area contributed by atoms with Crippen LogP contribution in [0.25, 0.3) is 0 Å². The first-order chi connectivity index (χ1) is 8.15. The molecule has 1 fully saturated rings. The average molecular weight is 234 g/mol. The van der Waals surface area contributed by atoms with Crippen LogP contribution in [0.15, 0.2) is 18.3 Å². The molecule has 0 bridgehead atoms. The largest absolute Gasteiger partial charge is 0.477 e. The van der Waals surface area contributed by atoms with E-state index in [1.807, 2.05) is 26.1 Å². The Morgan fingerprint density at radius 2 is 2.35 bits per heavy atom. The fourth-order valence-corrected chi connectivity index (χ4v) is 1.98. The molecule has 92 valence electrons. The second-order valence-corrected chi connectivity index (χ2v) is 4.66. The minimum atomic E-state index is 0.231. The topological polar surface area (TPSA) is 42.4 Å². The average Bonchev–Trinajstić information content (AvgIpc) is 2.33. The lowest BCUT2D eigenvalue weighted by Gasteiger charge is -2.29. The quantitative estimate of drug-likeness (QED) is 0.798. The van der Waals surface area contributed by atoms with Crippen LogP contribution in [0.5, 0.6) is 5.88 Å². The maximum Gasteiger partial charge on any atom is 0.222 e. The summed E-state index contributed by atoms with van der Waals surface area (Å²) in [5, 5.41) is 0. The van der Waals surface area contributed by atoms with Crippen LogP contribution in [0, 0.1) is 12.8 Å². The van der Waals surface area contributed by atoms with E-state index in [2.05, 4.69) is 4.98 Å². The van der Waals surface area contributed by atoms with E-state index in [4.69, 9.17) is 4.74 Å². The summed E-state index contributed by atoms with van der Waals surface area (Å²) in [4.78, 5) is 17.3. The van der Waals surface area contributed by atoms with Gasteiger partial charge in [0.2, 0.25) is 11.8 Å². The summed E-state index contributed by atoms with van der Waals surface area (Å²) in [6.07, 6.45) is 3.34. The third-order valence-corrected chi connectivity index (χ3v) is 3.08. The van der Waals surface area contributed by atoms with Crippen molar-refractivity contribution in [3.8, 4) is 5.88 Å². The summed E-state index contributed by atoms with van der Waals surface area (Å²) < 4.78 is 5.63. The van der Waals surface area contributed by atoms with Gasteiger partial charge in [-0.3, -0.25) is 4.79 Å². The van der Waals surface area contributed by atoms with E-state index in [-0.39, 0.29) is 5.91 Å². The molecule has 1 saturated heterocycles. The van der Waals surface area contributed by atoms with Crippen molar-refractivity contribution in [2.24, 2.45) is 5.92 Å². The maximum atomic E-state index is 11.3. The third-order valence-electron chi connectivity index (χ3n) is 3.08. The molecular formula is C13H18N2O2. The van der Waals surface area contributed by atoms with Crippen LogP contribution < -0.4 is 4.74 Å². The predicted molar refractivity (Wildman–Crippen MR) is 64.8 cm³/mol. The molecule has 0 radical (unpaired) electrons. The van der Waals surface area contributed by atoms with Crippen molar-refractivity contribution >= 4 is 5.91 Å². The Bertz CT molecular complexity index is 389. The van der Waals surface area contributed by atoms with Gasteiger partial charge in [-0.1, -0.05) is 6.07 Å². The van der Waals surface area contributed by atoms with Crippen molar-refractivity contribution < 1.29 is 9.53 Å². The van der Waals surface area contributed by atoms with Gasteiger partial charge >= 0.3 is 0 Å². The highest BCUT2D eigenvalue weighted by molar-refractivity contribution is 5.76. The summed E-state index contributed by atoms with van der Waals surface area (Å²) in [6, 6.07) is 3.87. The Hall–Kier alpha value is -1.58. The first-order valence-corrected chi connectivity index (χ1v) is 5.94. The molecule has 1 aliphatic rings. The number of nitrogens with zero attached hydrogens (tertiary/aromatic N) is 2. The fraction of sp³-hybridized carbons (Fsp3) is 0.538. The number of aryl methyl sites for hydroxylation is 1. The molecule has 0 aliphatic carbocycles. The van der Waals surface area contributed by atoms with Gasteiger partial charge in [0.15, 0.2) is 0 Å². The van der Waals surface area contributed by atoms with Gasteiger partial charge in [0.05, 0.1) is 6.61 Å². The van der Waals surface area contributed by atoms with Crippen molar-refractivity contribution in [3.63, 3.8) is 0 Å². The number of hydrogen-bond donors (Lipinski definition) is 0. The molecule has 17 heavy (non-hydrogen) atoms. The van der Waals surface area contributed by atoms with E-state index in [1.165, 1.54) is 0 Å². The third kappa shape index (κ3) is 3.19. The van der Waals surface area contributed by atoms with Crippen LogP contribution in [0.2, 0.25) is 0 Å². The molecule has 1 aromatic rings. The smallest absolute Gasteiger partial charge is 0.222 e. The van der Waals surface area contributed by atoms with Crippen molar-refractivity contribution in [2.75, 3.05) is 20.2 Å². The molecule has 0 N–H and O–H groups in total. The number of pyridine rings is 1. The van der Waals surface area contributed by atoms with Crippen molar-refractivity contribution in [1.82, 2.24) is 9.88 Å². The number of amides is 1. The molecule has 0 aromatic carbocycles. The number of ether oxygens (including phenoxy) is 1. The zero-order valence-electron chi connectivity index (χ0n) is 10.3. The second-order valence-electron chi connectivity index (χ2n) is 4.66. The molecule has 1 aliphatic heterocycles. The summed E-state index contributed by atoms with van der Waals surface area (Å²) in [6.45, 7) is 3.41. The van der Waals surface area contributed by atoms with Gasteiger partial charge in [0.1, 0.15) is 0 Å². The van der Waals surface area contributed by atoms with E-state index in [9.17, 15) is 4.79 Å². The first kappa shape index (κ1) is 11.9. The van der Waals surface area contributed by atoms with Crippen LogP contribution >= 0.6 is 0 Å². The highest BCUT2D eigenvalue weighted by Crippen LogP contribution is 2.17. The first-order valence-electron chi connectivity index (χ1n) is 5.94. The zero-order chi connectivity index (χ0) is 12.3. The highest BCUT2D eigenvalue weighted by atomic mass is 16.5. The minimum absolute atomic E-state index is 0.231. The number of hydrogen-bond acceptors (Lipinski definition) is 3. The van der Waals surface area contributed by atoms with Crippen LogP contribution in [0.4, 0.5) is 0 Å². The highest BCUT2D eigenvalue weighted by Gasteiger charge is 2.23. The van der Waals surface area contributed by atoms with Gasteiger partial charge in [0, 0.05) is 38.2 Å². The van der Waals surface area contributed by atoms with Gasteiger partial charge in [-0.2, -0.15) is 0 Å². The van der Waals surface area contributed by atoms with Gasteiger partial charge < -0.3 is 9.64 Å². The number of likely N-dealkylation sites (tertiary alicyclic amines) is 1. The Morgan fingerprint density at radius 1 is 1.53 bits per heavy atom. The van der Waals surface area contributed by atoms with Crippen LogP contribution in [-0.4, -0.2) is 36.0 Å². The predicted octanol–water partition coefficient (Wildman–Crippen LogP) is 1.64. The SMILES string of the molecule is Cc1ccc(OCC2CCC(=O)N(C)C2)nc1. The molecule has 0 saturated carbocycles. The number of carbonyl (C=O) groups is 1. The lowest BCUT2D eigenvalue weighted by Crippen LogP contribution is -2.38. The van der Waals surface area contributed by atoms with E-state index in [0.29, 0.717) is 24.8 Å². The Labute approximate surface area is 102 Å². The van der Waals surface area contributed by atoms with Crippen molar-refractivity contribution in [3.05, 3.63) is 23.9 Å². The van der Waals surface area contributed by atoms with Gasteiger partial charge in [0.25, 0.3) is 0 Å². The maximum absolute atomic E-state index is 11.3. The molecule has 1 atom stereocenters. The number of aromatic nitrogens is 1. The molecule has 2 rings (SSSR count). The molecule has 4 nitrogen and oxygen atoms in total. The monoisotopic (exact) mass is 234 g/mol. The van der Waals surface area contributed by atoms with Crippen molar-refractivity contribution in [2.45, 2.75) is 19.8 Å². The minimum Gasteiger partial charge on any atom is -0.477 e. The van der Waals surface area contributed by atoms with Crippen LogP contribution in [0.1, 0.15) is 18.4 Å². The van der Waals surface area contributed by atoms with Crippen LogP contribution in [-0.2, 0) is 4.79 Å². The Morgan fingerprint density at radius 3 is 3.00 bits per heavy atom. The fourth-order valence-electron chi connectivity index (χ4n) is 1.98. The zero-order valence-corrected chi connectivity index (χ0v) is 10.3. The second kappa shape index (κ2) is 5.17. The van der Waals surface area contributed by atoms with Gasteiger partial charge in [-0.25, -0.2) is 4.98 Å². The summed E-state index contributed by atoms with van der Waals surface area (Å²) in [7, 11) is 1.85.